The van der Waals surface area contributed by atoms with Gasteiger partial charge in [-0.05, 0) is 19.1 Å². The van der Waals surface area contributed by atoms with E-state index in [1.807, 2.05) is 24.3 Å². The van der Waals surface area contributed by atoms with Crippen molar-refractivity contribution in [2.24, 2.45) is 4.99 Å². The number of nitrogens with one attached hydrogen (secondary N) is 1. The Balaban J connectivity index is 0.00000300. The molecule has 1 saturated heterocycles. The third kappa shape index (κ3) is 6.49. The van der Waals surface area contributed by atoms with E-state index >= 15 is 0 Å². The second kappa shape index (κ2) is 11.9. The summed E-state index contributed by atoms with van der Waals surface area (Å²) in [5.41, 5.74) is 2.00. The van der Waals surface area contributed by atoms with Crippen molar-refractivity contribution in [3.05, 3.63) is 41.8 Å². The van der Waals surface area contributed by atoms with Gasteiger partial charge in [0.25, 0.3) is 0 Å². The summed E-state index contributed by atoms with van der Waals surface area (Å²) < 4.78 is 15.7. The molecule has 1 aromatic carbocycles. The largest absolute Gasteiger partial charge is 0.497 e. The number of nitrogens with zero attached hydrogens (tertiary/aromatic N) is 4. The Morgan fingerprint density at radius 3 is 2.59 bits per heavy atom. The molecule has 0 unspecified atom stereocenters. The third-order valence-electron chi connectivity index (χ3n) is 4.78. The summed E-state index contributed by atoms with van der Waals surface area (Å²) in [5.74, 6) is 2.50. The number of piperazine rings is 1. The fraction of sp³-hybridized carbons (Fsp3) is 0.500. The van der Waals surface area contributed by atoms with Gasteiger partial charge in [0, 0.05) is 57.0 Å². The first kappa shape index (κ1) is 23.3. The first-order valence-electron chi connectivity index (χ1n) is 9.59. The molecule has 0 aliphatic carbocycles. The maximum absolute atomic E-state index is 5.49. The first-order chi connectivity index (χ1) is 13.7. The van der Waals surface area contributed by atoms with E-state index in [4.69, 9.17) is 19.0 Å². The number of hydrogen-bond donors (Lipinski definition) is 1. The summed E-state index contributed by atoms with van der Waals surface area (Å²) >= 11 is 0. The minimum absolute atomic E-state index is 0. The van der Waals surface area contributed by atoms with Gasteiger partial charge >= 0.3 is 0 Å². The van der Waals surface area contributed by atoms with E-state index in [0.29, 0.717) is 6.54 Å². The van der Waals surface area contributed by atoms with Crippen LogP contribution < -0.4 is 14.8 Å². The van der Waals surface area contributed by atoms with E-state index < -0.39 is 0 Å². The van der Waals surface area contributed by atoms with Crippen LogP contribution in [0.2, 0.25) is 0 Å². The molecule has 8 nitrogen and oxygen atoms in total. The lowest BCUT2D eigenvalue weighted by Gasteiger charge is -2.36. The van der Waals surface area contributed by atoms with Gasteiger partial charge in [-0.1, -0.05) is 5.16 Å². The second-order valence-corrected chi connectivity index (χ2v) is 6.60. The maximum atomic E-state index is 5.49. The lowest BCUT2D eigenvalue weighted by molar-refractivity contribution is 0.169. The van der Waals surface area contributed by atoms with Gasteiger partial charge in [0.2, 0.25) is 0 Å². The molecule has 1 aliphatic heterocycles. The van der Waals surface area contributed by atoms with Crippen LogP contribution in [0, 0.1) is 0 Å². The van der Waals surface area contributed by atoms with Gasteiger partial charge in [-0.15, -0.1) is 24.0 Å². The average molecular weight is 515 g/mol. The van der Waals surface area contributed by atoms with Crippen LogP contribution in [-0.2, 0) is 13.1 Å². The molecule has 1 fully saturated rings. The molecule has 0 amide bonds. The smallest absolute Gasteiger partial charge is 0.194 e. The summed E-state index contributed by atoms with van der Waals surface area (Å²) in [5, 5.41) is 7.41. The Kier molecular flexibility index (Phi) is 9.52. The van der Waals surface area contributed by atoms with Gasteiger partial charge in [0.15, 0.2) is 5.96 Å². The average Bonchev–Trinajstić information content (AvgIpc) is 3.24. The highest BCUT2D eigenvalue weighted by Crippen LogP contribution is 2.25. The van der Waals surface area contributed by atoms with Gasteiger partial charge in [0.1, 0.15) is 17.8 Å². The zero-order valence-electron chi connectivity index (χ0n) is 17.3. The number of guanidine groups is 1. The molecule has 3 rings (SSSR count). The number of halogens is 1. The monoisotopic (exact) mass is 515 g/mol. The van der Waals surface area contributed by atoms with E-state index in [0.717, 1.165) is 68.0 Å². The summed E-state index contributed by atoms with van der Waals surface area (Å²) in [7, 11) is 3.32. The fourth-order valence-electron chi connectivity index (χ4n) is 3.23. The lowest BCUT2D eigenvalue weighted by Crippen LogP contribution is -2.52. The molecule has 2 heterocycles. The Hall–Kier alpha value is -2.01. The van der Waals surface area contributed by atoms with E-state index in [2.05, 4.69) is 27.2 Å². The molecule has 1 aromatic heterocycles. The summed E-state index contributed by atoms with van der Waals surface area (Å²) in [6.07, 6.45) is 1.62. The van der Waals surface area contributed by atoms with E-state index in [9.17, 15) is 0 Å². The number of aliphatic imine (C=N–C) groups is 1. The molecule has 160 valence electrons. The molecule has 1 aliphatic rings. The van der Waals surface area contributed by atoms with Gasteiger partial charge in [0.05, 0.1) is 26.5 Å². The van der Waals surface area contributed by atoms with Crippen LogP contribution in [-0.4, -0.2) is 67.9 Å². The molecule has 0 atom stereocenters. The number of hydrogen-bond acceptors (Lipinski definition) is 6. The van der Waals surface area contributed by atoms with Gasteiger partial charge in [-0.3, -0.25) is 4.90 Å². The third-order valence-corrected chi connectivity index (χ3v) is 4.78. The summed E-state index contributed by atoms with van der Waals surface area (Å²) in [6, 6.07) is 7.74. The zero-order chi connectivity index (χ0) is 19.8. The van der Waals surface area contributed by atoms with E-state index in [-0.39, 0.29) is 24.0 Å². The topological polar surface area (TPSA) is 75.4 Å². The van der Waals surface area contributed by atoms with Crippen molar-refractivity contribution >= 4 is 29.9 Å². The van der Waals surface area contributed by atoms with Crippen molar-refractivity contribution in [2.45, 2.75) is 20.0 Å². The summed E-state index contributed by atoms with van der Waals surface area (Å²) in [4.78, 5) is 9.52. The number of aromatic nitrogens is 1. The zero-order valence-corrected chi connectivity index (χ0v) is 19.6. The molecule has 9 heteroatoms. The molecule has 0 radical (unpaired) electrons. The molecular formula is C20H30IN5O3. The van der Waals surface area contributed by atoms with Gasteiger partial charge < -0.3 is 24.2 Å². The molecule has 0 spiro atoms. The van der Waals surface area contributed by atoms with Crippen LogP contribution in [0.15, 0.2) is 40.0 Å². The van der Waals surface area contributed by atoms with E-state index in [1.165, 1.54) is 0 Å². The molecule has 0 saturated carbocycles. The van der Waals surface area contributed by atoms with Crippen molar-refractivity contribution in [1.82, 2.24) is 20.3 Å². The molecule has 29 heavy (non-hydrogen) atoms. The predicted octanol–water partition coefficient (Wildman–Crippen LogP) is 2.59. The normalized spacial score (nSPS) is 15.0. The Morgan fingerprint density at radius 1 is 1.17 bits per heavy atom. The first-order valence-corrected chi connectivity index (χ1v) is 9.59. The molecule has 1 N–H and O–H groups in total. The van der Waals surface area contributed by atoms with Gasteiger partial charge in [-0.25, -0.2) is 4.99 Å². The van der Waals surface area contributed by atoms with E-state index in [1.54, 1.807) is 20.5 Å². The second-order valence-electron chi connectivity index (χ2n) is 6.60. The quantitative estimate of drug-likeness (QED) is 0.345. The number of rotatable bonds is 7. The van der Waals surface area contributed by atoms with Crippen LogP contribution >= 0.6 is 24.0 Å². The highest BCUT2D eigenvalue weighted by molar-refractivity contribution is 14.0. The number of ether oxygens (including phenoxy) is 2. The van der Waals surface area contributed by atoms with Crippen molar-refractivity contribution in [3.8, 4) is 11.5 Å². The summed E-state index contributed by atoms with van der Waals surface area (Å²) in [6.45, 7) is 8.05. The van der Waals surface area contributed by atoms with Crippen LogP contribution in [0.3, 0.4) is 0 Å². The van der Waals surface area contributed by atoms with Crippen molar-refractivity contribution in [3.63, 3.8) is 0 Å². The highest BCUT2D eigenvalue weighted by atomic mass is 127. The molecular weight excluding hydrogens is 485 g/mol. The van der Waals surface area contributed by atoms with Crippen LogP contribution in [0.4, 0.5) is 0 Å². The van der Waals surface area contributed by atoms with Crippen LogP contribution in [0.5, 0.6) is 11.5 Å². The number of methoxy groups -OCH3 is 2. The maximum Gasteiger partial charge on any atom is 0.194 e. The molecule has 2 aromatic rings. The highest BCUT2D eigenvalue weighted by Gasteiger charge is 2.20. The van der Waals surface area contributed by atoms with Gasteiger partial charge in [-0.2, -0.15) is 0 Å². The Bertz CT molecular complexity index is 761. The van der Waals surface area contributed by atoms with Crippen molar-refractivity contribution < 1.29 is 14.0 Å². The predicted molar refractivity (Wildman–Crippen MR) is 123 cm³/mol. The lowest BCUT2D eigenvalue weighted by atomic mass is 10.2. The standard InChI is InChI=1S/C20H29N5O3.HI/c1-4-21-20(22-14-16-5-6-18(26-2)13-19(16)27-3)25-10-8-24(9-11-25)15-17-7-12-28-23-17;/h5-7,12-13H,4,8-11,14-15H2,1-3H3,(H,21,22);1H. The minimum Gasteiger partial charge on any atom is -0.497 e. The van der Waals surface area contributed by atoms with Crippen molar-refractivity contribution in [1.29, 1.82) is 0 Å². The van der Waals surface area contributed by atoms with Crippen LogP contribution in [0.25, 0.3) is 0 Å². The van der Waals surface area contributed by atoms with Crippen LogP contribution in [0.1, 0.15) is 18.2 Å². The number of benzene rings is 1. The molecule has 0 bridgehead atoms. The fourth-order valence-corrected chi connectivity index (χ4v) is 3.23. The Labute approximate surface area is 189 Å². The SMILES string of the molecule is CCNC(=NCc1ccc(OC)cc1OC)N1CCN(Cc2ccon2)CC1.I. The van der Waals surface area contributed by atoms with Crippen molar-refractivity contribution in [2.75, 3.05) is 46.9 Å². The Morgan fingerprint density at radius 2 is 1.97 bits per heavy atom. The minimum atomic E-state index is 0.